The Balaban J connectivity index is 1.75. The second-order valence-corrected chi connectivity index (χ2v) is 7.79. The first-order chi connectivity index (χ1) is 16.4. The van der Waals surface area contributed by atoms with E-state index in [1.54, 1.807) is 36.4 Å². The maximum atomic E-state index is 13.6. The second-order valence-electron chi connectivity index (χ2n) is 7.79. The largest absolute Gasteiger partial charge is 0.482 e. The zero-order chi connectivity index (χ0) is 24.2. The van der Waals surface area contributed by atoms with Gasteiger partial charge in [0.25, 0.3) is 11.5 Å². The highest BCUT2D eigenvalue weighted by Crippen LogP contribution is 2.31. The number of unbranched alkanes of at least 4 members (excludes halogenated alkanes) is 1. The molecule has 0 saturated heterocycles. The summed E-state index contributed by atoms with van der Waals surface area (Å²) in [6.45, 7) is 1.53. The molecule has 0 aliphatic carbocycles. The molecule has 1 aliphatic heterocycles. The van der Waals surface area contributed by atoms with Crippen LogP contribution in [0.5, 0.6) is 5.75 Å². The van der Waals surface area contributed by atoms with Crippen LogP contribution in [0.4, 0.5) is 17.2 Å². The van der Waals surface area contributed by atoms with Crippen LogP contribution in [0.3, 0.4) is 0 Å². The third kappa shape index (κ3) is 4.45. The minimum Gasteiger partial charge on any atom is -0.482 e. The third-order valence-electron chi connectivity index (χ3n) is 5.52. The number of carbonyl (C=O) groups excluding carboxylic acids is 2. The Morgan fingerprint density at radius 1 is 1.18 bits per heavy atom. The molecule has 1 aliphatic rings. The Bertz CT molecular complexity index is 1310. The molecule has 0 atom stereocenters. The number of benzene rings is 1. The van der Waals surface area contributed by atoms with E-state index in [0.717, 1.165) is 11.3 Å². The van der Waals surface area contributed by atoms with E-state index >= 15 is 0 Å². The Kier molecular flexibility index (Phi) is 6.53. The predicted octanol–water partition coefficient (Wildman–Crippen LogP) is 1.47. The molecule has 4 rings (SSSR count). The number of carbonyl (C=O) groups is 2. The van der Waals surface area contributed by atoms with Crippen molar-refractivity contribution in [1.29, 1.82) is 0 Å². The van der Waals surface area contributed by atoms with Crippen LogP contribution in [0.15, 0.2) is 56.7 Å². The number of nitrogens with two attached hydrogens (primary N) is 1. The van der Waals surface area contributed by atoms with Crippen LogP contribution in [0, 0.1) is 0 Å². The summed E-state index contributed by atoms with van der Waals surface area (Å²) in [5.41, 5.74) is 5.07. The van der Waals surface area contributed by atoms with Gasteiger partial charge < -0.3 is 14.9 Å². The highest BCUT2D eigenvalue weighted by atomic mass is 16.5. The molecule has 0 spiro atoms. The first kappa shape index (κ1) is 22.9. The number of amides is 2. The third-order valence-corrected chi connectivity index (χ3v) is 5.52. The lowest BCUT2D eigenvalue weighted by Gasteiger charge is -2.31. The maximum Gasteiger partial charge on any atom is 0.330 e. The van der Waals surface area contributed by atoms with Crippen molar-refractivity contribution >= 4 is 29.0 Å². The molecule has 0 bridgehead atoms. The van der Waals surface area contributed by atoms with E-state index in [9.17, 15) is 19.2 Å². The van der Waals surface area contributed by atoms with E-state index in [1.807, 2.05) is 6.92 Å². The number of para-hydroxylation sites is 2. The minimum absolute atomic E-state index is 0.120. The molecule has 178 valence electrons. The van der Waals surface area contributed by atoms with E-state index in [0.29, 0.717) is 23.6 Å². The van der Waals surface area contributed by atoms with Crippen LogP contribution in [-0.4, -0.2) is 34.5 Å². The van der Waals surface area contributed by atoms with Gasteiger partial charge in [-0.1, -0.05) is 25.5 Å². The van der Waals surface area contributed by atoms with Crippen LogP contribution in [-0.2, 0) is 22.7 Å². The van der Waals surface area contributed by atoms with Crippen molar-refractivity contribution in [3.05, 3.63) is 69.3 Å². The van der Waals surface area contributed by atoms with Crippen LogP contribution < -0.4 is 31.5 Å². The normalized spacial score (nSPS) is 12.9. The van der Waals surface area contributed by atoms with Crippen molar-refractivity contribution < 1.29 is 18.7 Å². The maximum absolute atomic E-state index is 13.6. The van der Waals surface area contributed by atoms with Crippen molar-refractivity contribution in [2.45, 2.75) is 32.9 Å². The van der Waals surface area contributed by atoms with Crippen LogP contribution >= 0.6 is 0 Å². The molecule has 3 heterocycles. The van der Waals surface area contributed by atoms with Gasteiger partial charge in [0, 0.05) is 6.54 Å². The number of furan rings is 1. The SMILES string of the molecule is CCCCn1c(N)c(N(Cc2ccco2)C(=O)CN2C(=O)COc3ccccc32)c(=O)[nH]c1=O. The van der Waals surface area contributed by atoms with Gasteiger partial charge in [0.05, 0.1) is 18.5 Å². The lowest BCUT2D eigenvalue weighted by Crippen LogP contribution is -2.48. The van der Waals surface area contributed by atoms with Gasteiger partial charge >= 0.3 is 5.69 Å². The molecular formula is C23H25N5O6. The van der Waals surface area contributed by atoms with E-state index in [-0.39, 0.29) is 37.7 Å². The fraction of sp³-hybridized carbons (Fsp3) is 0.304. The lowest BCUT2D eigenvalue weighted by atomic mass is 10.2. The molecule has 2 amide bonds. The predicted molar refractivity (Wildman–Crippen MR) is 125 cm³/mol. The summed E-state index contributed by atoms with van der Waals surface area (Å²) in [5, 5.41) is 0. The summed E-state index contributed by atoms with van der Waals surface area (Å²) in [5.74, 6) is -0.250. The first-order valence-corrected chi connectivity index (χ1v) is 10.9. The summed E-state index contributed by atoms with van der Waals surface area (Å²) >= 11 is 0. The number of nitrogens with one attached hydrogen (secondary N) is 1. The van der Waals surface area contributed by atoms with Gasteiger partial charge in [0.2, 0.25) is 5.91 Å². The van der Waals surface area contributed by atoms with Gasteiger partial charge in [0.1, 0.15) is 23.9 Å². The molecule has 34 heavy (non-hydrogen) atoms. The first-order valence-electron chi connectivity index (χ1n) is 10.9. The fourth-order valence-corrected chi connectivity index (χ4v) is 3.77. The summed E-state index contributed by atoms with van der Waals surface area (Å²) in [4.78, 5) is 56.0. The van der Waals surface area contributed by atoms with Gasteiger partial charge in [-0.3, -0.25) is 33.7 Å². The number of aromatic amines is 1. The fourth-order valence-electron chi connectivity index (χ4n) is 3.77. The molecule has 2 aromatic heterocycles. The van der Waals surface area contributed by atoms with Gasteiger partial charge in [-0.25, -0.2) is 4.79 Å². The molecule has 0 fully saturated rings. The summed E-state index contributed by atoms with van der Waals surface area (Å²) in [6, 6.07) is 10.2. The zero-order valence-electron chi connectivity index (χ0n) is 18.7. The lowest BCUT2D eigenvalue weighted by molar-refractivity contribution is -0.124. The van der Waals surface area contributed by atoms with Crippen molar-refractivity contribution in [2.75, 3.05) is 28.7 Å². The number of anilines is 3. The quantitative estimate of drug-likeness (QED) is 0.510. The Hall–Kier alpha value is -4.28. The van der Waals surface area contributed by atoms with Crippen molar-refractivity contribution in [3.63, 3.8) is 0 Å². The summed E-state index contributed by atoms with van der Waals surface area (Å²) < 4.78 is 12.1. The van der Waals surface area contributed by atoms with Gasteiger partial charge in [-0.2, -0.15) is 0 Å². The van der Waals surface area contributed by atoms with E-state index < -0.39 is 23.1 Å². The van der Waals surface area contributed by atoms with Gasteiger partial charge in [-0.15, -0.1) is 0 Å². The number of fused-ring (bicyclic) bond motifs is 1. The highest BCUT2D eigenvalue weighted by Gasteiger charge is 2.31. The molecular weight excluding hydrogens is 442 g/mol. The highest BCUT2D eigenvalue weighted by molar-refractivity contribution is 6.06. The molecule has 11 nitrogen and oxygen atoms in total. The van der Waals surface area contributed by atoms with Crippen LogP contribution in [0.1, 0.15) is 25.5 Å². The summed E-state index contributed by atoms with van der Waals surface area (Å²) in [7, 11) is 0. The number of hydrogen-bond acceptors (Lipinski definition) is 7. The molecule has 0 saturated carbocycles. The average Bonchev–Trinajstić information content (AvgIpc) is 3.33. The molecule has 3 aromatic rings. The van der Waals surface area contributed by atoms with Crippen molar-refractivity contribution in [1.82, 2.24) is 9.55 Å². The molecule has 1 aromatic carbocycles. The van der Waals surface area contributed by atoms with E-state index in [4.69, 9.17) is 14.9 Å². The van der Waals surface area contributed by atoms with Crippen molar-refractivity contribution in [3.8, 4) is 5.75 Å². The van der Waals surface area contributed by atoms with E-state index in [2.05, 4.69) is 4.98 Å². The number of hydrogen-bond donors (Lipinski definition) is 2. The monoisotopic (exact) mass is 467 g/mol. The Labute approximate surface area is 194 Å². The van der Waals surface area contributed by atoms with E-state index in [1.165, 1.54) is 15.7 Å². The number of nitrogens with zero attached hydrogens (tertiary/aromatic N) is 3. The standard InChI is InChI=1S/C23H25N5O6/c1-2-3-10-26-21(24)20(22(31)25-23(26)32)28(12-15-7-6-11-33-15)18(29)13-27-16-8-4-5-9-17(16)34-14-19(27)30/h4-9,11H,2-3,10,12-14,24H2,1H3,(H,25,31,32). The van der Waals surface area contributed by atoms with Gasteiger partial charge in [0.15, 0.2) is 12.3 Å². The zero-order valence-corrected chi connectivity index (χ0v) is 18.7. The minimum atomic E-state index is -0.802. The number of aromatic nitrogens is 2. The summed E-state index contributed by atoms with van der Waals surface area (Å²) in [6.07, 6.45) is 2.89. The molecule has 0 radical (unpaired) electrons. The number of nitrogen functional groups attached to an aromatic ring is 1. The number of H-pyrrole nitrogens is 1. The second kappa shape index (κ2) is 9.69. The molecule has 0 unspecified atom stereocenters. The van der Waals surface area contributed by atoms with Crippen LogP contribution in [0.2, 0.25) is 0 Å². The molecule has 11 heteroatoms. The van der Waals surface area contributed by atoms with Crippen molar-refractivity contribution in [2.24, 2.45) is 0 Å². The Morgan fingerprint density at radius 2 is 1.97 bits per heavy atom. The smallest absolute Gasteiger partial charge is 0.330 e. The number of ether oxygens (including phenoxy) is 1. The number of rotatable bonds is 8. The molecule has 3 N–H and O–H groups in total. The topological polar surface area (TPSA) is 144 Å². The average molecular weight is 467 g/mol. The Morgan fingerprint density at radius 3 is 2.71 bits per heavy atom. The van der Waals surface area contributed by atoms with Gasteiger partial charge in [-0.05, 0) is 30.7 Å². The van der Waals surface area contributed by atoms with Crippen LogP contribution in [0.25, 0.3) is 0 Å².